The van der Waals surface area contributed by atoms with Crippen LogP contribution >= 0.6 is 11.6 Å². The minimum Gasteiger partial charge on any atom is -0.493 e. The monoisotopic (exact) mass is 479 g/mol. The summed E-state index contributed by atoms with van der Waals surface area (Å²) in [6.45, 7) is 2.66. The third kappa shape index (κ3) is 7.08. The van der Waals surface area contributed by atoms with Gasteiger partial charge in [0.1, 0.15) is 5.75 Å². The van der Waals surface area contributed by atoms with Crippen molar-refractivity contribution in [2.45, 2.75) is 19.8 Å². The van der Waals surface area contributed by atoms with Gasteiger partial charge >= 0.3 is 0 Å². The number of amides is 3. The van der Waals surface area contributed by atoms with Crippen molar-refractivity contribution in [2.75, 3.05) is 23.8 Å². The van der Waals surface area contributed by atoms with E-state index in [2.05, 4.69) is 16.0 Å². The van der Waals surface area contributed by atoms with E-state index in [0.29, 0.717) is 52.8 Å². The molecule has 0 aliphatic heterocycles. The first-order chi connectivity index (χ1) is 16.5. The Bertz CT molecular complexity index is 1150. The highest BCUT2D eigenvalue weighted by Crippen LogP contribution is 2.22. The van der Waals surface area contributed by atoms with Gasteiger partial charge in [0.15, 0.2) is 0 Å². The molecule has 0 aliphatic rings. The topological polar surface area (TPSA) is 96.5 Å². The van der Waals surface area contributed by atoms with Crippen molar-refractivity contribution in [3.8, 4) is 5.75 Å². The third-order valence-corrected chi connectivity index (χ3v) is 5.11. The van der Waals surface area contributed by atoms with Gasteiger partial charge in [0.2, 0.25) is 5.91 Å². The van der Waals surface area contributed by atoms with Crippen molar-refractivity contribution in [1.29, 1.82) is 0 Å². The molecule has 7 nitrogen and oxygen atoms in total. The number of hydrogen-bond donors (Lipinski definition) is 3. The highest BCUT2D eigenvalue weighted by Gasteiger charge is 2.13. The van der Waals surface area contributed by atoms with Crippen LogP contribution in [0.15, 0.2) is 72.8 Å². The molecule has 0 atom stereocenters. The van der Waals surface area contributed by atoms with E-state index in [9.17, 15) is 14.4 Å². The van der Waals surface area contributed by atoms with Crippen LogP contribution in [0.1, 0.15) is 40.5 Å². The lowest BCUT2D eigenvalue weighted by molar-refractivity contribution is -0.116. The molecule has 3 aromatic rings. The Labute approximate surface area is 203 Å². The first kappa shape index (κ1) is 24.8. The first-order valence-electron chi connectivity index (χ1n) is 10.9. The van der Waals surface area contributed by atoms with Crippen molar-refractivity contribution in [3.05, 3.63) is 88.9 Å². The van der Waals surface area contributed by atoms with E-state index in [1.54, 1.807) is 66.7 Å². The van der Waals surface area contributed by atoms with Crippen molar-refractivity contribution in [3.63, 3.8) is 0 Å². The number of nitrogens with one attached hydrogen (secondary N) is 3. The van der Waals surface area contributed by atoms with Crippen LogP contribution in [0.4, 0.5) is 11.4 Å². The molecule has 3 N–H and O–H groups in total. The molecule has 3 amide bonds. The first-order valence-corrected chi connectivity index (χ1v) is 11.3. The van der Waals surface area contributed by atoms with E-state index in [0.717, 1.165) is 0 Å². The molecule has 0 spiro atoms. The Morgan fingerprint density at radius 1 is 0.824 bits per heavy atom. The van der Waals surface area contributed by atoms with Gasteiger partial charge in [-0.05, 0) is 61.9 Å². The average molecular weight is 480 g/mol. The number of carbonyl (C=O) groups excluding carboxylic acids is 3. The van der Waals surface area contributed by atoms with E-state index >= 15 is 0 Å². The Hall–Kier alpha value is -3.84. The second kappa shape index (κ2) is 12.4. The summed E-state index contributed by atoms with van der Waals surface area (Å²) in [5.41, 5.74) is 1.88. The van der Waals surface area contributed by atoms with Crippen LogP contribution < -0.4 is 20.7 Å². The standard InChI is InChI=1S/C26H26ClN3O4/c1-2-34-23-11-6-3-8-20(23)26(33)28-17-7-12-24(31)29-21-9-4-5-10-22(21)30-25(32)18-13-15-19(27)16-14-18/h3-6,8-11,13-16H,2,7,12,17H2,1H3,(H,28,33)(H,29,31)(H,30,32). The molecular formula is C26H26ClN3O4. The smallest absolute Gasteiger partial charge is 0.255 e. The fraction of sp³-hybridized carbons (Fsp3) is 0.192. The van der Waals surface area contributed by atoms with Crippen LogP contribution in [-0.2, 0) is 4.79 Å². The quantitative estimate of drug-likeness (QED) is 0.351. The van der Waals surface area contributed by atoms with Gasteiger partial charge in [-0.15, -0.1) is 0 Å². The minimum atomic E-state index is -0.312. The Balaban J connectivity index is 1.49. The van der Waals surface area contributed by atoms with E-state index in [4.69, 9.17) is 16.3 Å². The van der Waals surface area contributed by atoms with Crippen LogP contribution in [-0.4, -0.2) is 30.9 Å². The van der Waals surface area contributed by atoms with E-state index in [1.807, 2.05) is 13.0 Å². The largest absolute Gasteiger partial charge is 0.493 e. The lowest BCUT2D eigenvalue weighted by Gasteiger charge is -2.13. The molecule has 0 aromatic heterocycles. The molecule has 34 heavy (non-hydrogen) atoms. The van der Waals surface area contributed by atoms with Gasteiger partial charge < -0.3 is 20.7 Å². The van der Waals surface area contributed by atoms with Gasteiger partial charge in [-0.3, -0.25) is 14.4 Å². The Kier molecular flexibility index (Phi) is 9.05. The third-order valence-electron chi connectivity index (χ3n) is 4.85. The van der Waals surface area contributed by atoms with Crippen molar-refractivity contribution < 1.29 is 19.1 Å². The zero-order valence-electron chi connectivity index (χ0n) is 18.8. The van der Waals surface area contributed by atoms with Crippen LogP contribution in [0.5, 0.6) is 5.75 Å². The molecule has 0 bridgehead atoms. The molecule has 0 saturated heterocycles. The summed E-state index contributed by atoms with van der Waals surface area (Å²) >= 11 is 5.87. The number of benzene rings is 3. The lowest BCUT2D eigenvalue weighted by Crippen LogP contribution is -2.26. The summed E-state index contributed by atoms with van der Waals surface area (Å²) in [6, 6.07) is 20.5. The molecule has 0 unspecified atom stereocenters. The maximum absolute atomic E-state index is 12.5. The van der Waals surface area contributed by atoms with E-state index in [-0.39, 0.29) is 24.1 Å². The van der Waals surface area contributed by atoms with Gasteiger partial charge in [0, 0.05) is 23.6 Å². The number of carbonyl (C=O) groups is 3. The summed E-state index contributed by atoms with van der Waals surface area (Å²) in [4.78, 5) is 37.4. The fourth-order valence-corrected chi connectivity index (χ4v) is 3.32. The molecule has 176 valence electrons. The second-order valence-electron chi connectivity index (χ2n) is 7.34. The van der Waals surface area contributed by atoms with Crippen LogP contribution in [0, 0.1) is 0 Å². The number of anilines is 2. The average Bonchev–Trinajstić information content (AvgIpc) is 2.84. The molecule has 0 radical (unpaired) electrons. The summed E-state index contributed by atoms with van der Waals surface area (Å²) in [6.07, 6.45) is 0.653. The fourth-order valence-electron chi connectivity index (χ4n) is 3.19. The summed E-state index contributed by atoms with van der Waals surface area (Å²) in [7, 11) is 0. The number of ether oxygens (including phenoxy) is 1. The maximum Gasteiger partial charge on any atom is 0.255 e. The van der Waals surface area contributed by atoms with Crippen LogP contribution in [0.25, 0.3) is 0 Å². The maximum atomic E-state index is 12.5. The van der Waals surface area contributed by atoms with Gasteiger partial charge in [0.05, 0.1) is 23.5 Å². The van der Waals surface area contributed by atoms with Gasteiger partial charge in [-0.2, -0.15) is 0 Å². The molecule has 0 aliphatic carbocycles. The highest BCUT2D eigenvalue weighted by atomic mass is 35.5. The molecular weight excluding hydrogens is 454 g/mol. The number of para-hydroxylation sites is 3. The van der Waals surface area contributed by atoms with Crippen LogP contribution in [0.2, 0.25) is 5.02 Å². The highest BCUT2D eigenvalue weighted by molar-refractivity contribution is 6.30. The number of hydrogen-bond acceptors (Lipinski definition) is 4. The number of halogens is 1. The van der Waals surface area contributed by atoms with E-state index in [1.165, 1.54) is 0 Å². The van der Waals surface area contributed by atoms with Gasteiger partial charge in [-0.25, -0.2) is 0 Å². The van der Waals surface area contributed by atoms with Crippen molar-refractivity contribution in [2.24, 2.45) is 0 Å². The van der Waals surface area contributed by atoms with E-state index < -0.39 is 0 Å². The molecule has 3 aromatic carbocycles. The Morgan fingerprint density at radius 2 is 1.47 bits per heavy atom. The lowest BCUT2D eigenvalue weighted by atomic mass is 10.2. The zero-order valence-corrected chi connectivity index (χ0v) is 19.5. The van der Waals surface area contributed by atoms with Crippen LogP contribution in [0.3, 0.4) is 0 Å². The zero-order chi connectivity index (χ0) is 24.3. The summed E-state index contributed by atoms with van der Waals surface area (Å²) < 4.78 is 5.48. The molecule has 0 heterocycles. The SMILES string of the molecule is CCOc1ccccc1C(=O)NCCCC(=O)Nc1ccccc1NC(=O)c1ccc(Cl)cc1. The van der Waals surface area contributed by atoms with Crippen molar-refractivity contribution in [1.82, 2.24) is 5.32 Å². The molecule has 0 saturated carbocycles. The summed E-state index contributed by atoms with van der Waals surface area (Å²) in [5.74, 6) is -0.261. The van der Waals surface area contributed by atoms with Gasteiger partial charge in [0.25, 0.3) is 11.8 Å². The van der Waals surface area contributed by atoms with Crippen molar-refractivity contribution >= 4 is 40.7 Å². The second-order valence-corrected chi connectivity index (χ2v) is 7.78. The summed E-state index contributed by atoms with van der Waals surface area (Å²) in [5, 5.41) is 8.97. The predicted molar refractivity (Wildman–Crippen MR) is 134 cm³/mol. The molecule has 8 heteroatoms. The normalized spacial score (nSPS) is 10.3. The molecule has 0 fully saturated rings. The molecule has 3 rings (SSSR count). The predicted octanol–water partition coefficient (Wildman–Crippen LogP) is 5.14. The van der Waals surface area contributed by atoms with Gasteiger partial charge in [-0.1, -0.05) is 35.9 Å². The Morgan fingerprint density at radius 3 is 2.18 bits per heavy atom. The minimum absolute atomic E-state index is 0.201. The number of rotatable bonds is 10.